The number of nitrogens with zero attached hydrogens (tertiary/aromatic N) is 2. The Balaban J connectivity index is 1.67. The third-order valence-electron chi connectivity index (χ3n) is 3.34. The minimum atomic E-state index is -0.530. The number of nitro groups is 1. The molecule has 0 fully saturated rings. The second kappa shape index (κ2) is 7.76. The van der Waals surface area contributed by atoms with Crippen LogP contribution in [-0.4, -0.2) is 9.91 Å². The topological polar surface area (TPSA) is 74.5 Å². The van der Waals surface area contributed by atoms with Crippen molar-refractivity contribution in [1.29, 1.82) is 0 Å². The van der Waals surface area contributed by atoms with Crippen LogP contribution in [0.5, 0.6) is 17.4 Å². The number of hydrogen-bond acceptors (Lipinski definition) is 5. The van der Waals surface area contributed by atoms with E-state index < -0.39 is 4.92 Å². The Hall–Kier alpha value is -2.93. The molecule has 2 aromatic carbocycles. The molecule has 0 spiro atoms. The maximum Gasteiger partial charge on any atom is 0.331 e. The number of hydrogen-bond donors (Lipinski definition) is 0. The summed E-state index contributed by atoms with van der Waals surface area (Å²) < 4.78 is 12.2. The number of halogens is 1. The lowest BCUT2D eigenvalue weighted by Crippen LogP contribution is -1.97. The van der Waals surface area contributed by atoms with E-state index in [9.17, 15) is 10.1 Å². The van der Waals surface area contributed by atoms with Crippen LogP contribution >= 0.6 is 15.9 Å². The van der Waals surface area contributed by atoms with Crippen LogP contribution in [0.15, 0.2) is 71.3 Å². The fraction of sp³-hybridized carbons (Fsp3) is 0.0556. The number of ether oxygens (including phenoxy) is 2. The average molecular weight is 401 g/mol. The first-order valence-corrected chi connectivity index (χ1v) is 8.16. The highest BCUT2D eigenvalue weighted by Gasteiger charge is 2.16. The Morgan fingerprint density at radius 2 is 1.72 bits per heavy atom. The highest BCUT2D eigenvalue weighted by molar-refractivity contribution is 9.10. The number of pyridine rings is 1. The standard InChI is InChI=1S/C18H13BrN2O4/c19-16-5-2-1-4-13(16)12-24-14-7-9-15(10-8-14)25-18-17(21(22)23)6-3-11-20-18/h1-11H,12H2. The molecule has 7 heteroatoms. The molecule has 3 aromatic rings. The largest absolute Gasteiger partial charge is 0.489 e. The van der Waals surface area contributed by atoms with Crippen molar-refractivity contribution in [2.45, 2.75) is 6.61 Å². The smallest absolute Gasteiger partial charge is 0.331 e. The summed E-state index contributed by atoms with van der Waals surface area (Å²) in [4.78, 5) is 14.3. The van der Waals surface area contributed by atoms with Crippen molar-refractivity contribution in [2.24, 2.45) is 0 Å². The average Bonchev–Trinajstić information content (AvgIpc) is 2.62. The van der Waals surface area contributed by atoms with E-state index >= 15 is 0 Å². The van der Waals surface area contributed by atoms with Gasteiger partial charge in [0.2, 0.25) is 0 Å². The van der Waals surface area contributed by atoms with Gasteiger partial charge in [-0.05, 0) is 36.4 Å². The van der Waals surface area contributed by atoms with Gasteiger partial charge in [0.15, 0.2) is 0 Å². The summed E-state index contributed by atoms with van der Waals surface area (Å²) >= 11 is 3.47. The Morgan fingerprint density at radius 1 is 1.00 bits per heavy atom. The van der Waals surface area contributed by atoms with Crippen LogP contribution in [-0.2, 0) is 6.61 Å². The molecule has 25 heavy (non-hydrogen) atoms. The first kappa shape index (κ1) is 16.9. The molecule has 1 heterocycles. The molecule has 126 valence electrons. The molecule has 0 amide bonds. The number of aromatic nitrogens is 1. The molecule has 0 aliphatic carbocycles. The van der Waals surface area contributed by atoms with Crippen LogP contribution in [0.25, 0.3) is 0 Å². The van der Waals surface area contributed by atoms with Crippen molar-refractivity contribution >= 4 is 21.6 Å². The van der Waals surface area contributed by atoms with Crippen LogP contribution < -0.4 is 9.47 Å². The molecule has 0 unspecified atom stereocenters. The van der Waals surface area contributed by atoms with Gasteiger partial charge in [-0.25, -0.2) is 4.98 Å². The van der Waals surface area contributed by atoms with E-state index in [0.717, 1.165) is 10.0 Å². The molecule has 0 bridgehead atoms. The van der Waals surface area contributed by atoms with E-state index in [1.54, 1.807) is 24.3 Å². The quantitative estimate of drug-likeness (QED) is 0.423. The van der Waals surface area contributed by atoms with Crippen LogP contribution in [0.2, 0.25) is 0 Å². The first-order valence-electron chi connectivity index (χ1n) is 7.37. The highest BCUT2D eigenvalue weighted by Crippen LogP contribution is 2.29. The van der Waals surface area contributed by atoms with Crippen LogP contribution in [0, 0.1) is 10.1 Å². The van der Waals surface area contributed by atoms with E-state index in [4.69, 9.17) is 9.47 Å². The molecule has 3 rings (SSSR count). The molecular weight excluding hydrogens is 388 g/mol. The van der Waals surface area contributed by atoms with Gasteiger partial charge in [0, 0.05) is 22.3 Å². The third-order valence-corrected chi connectivity index (χ3v) is 4.11. The molecule has 0 saturated carbocycles. The van der Waals surface area contributed by atoms with E-state index in [1.807, 2.05) is 24.3 Å². The van der Waals surface area contributed by atoms with Gasteiger partial charge in [-0.15, -0.1) is 0 Å². The molecule has 0 radical (unpaired) electrons. The lowest BCUT2D eigenvalue weighted by atomic mass is 10.2. The summed E-state index contributed by atoms with van der Waals surface area (Å²) in [6.45, 7) is 0.424. The zero-order chi connectivity index (χ0) is 17.6. The Labute approximate surface area is 152 Å². The summed E-state index contributed by atoms with van der Waals surface area (Å²) in [7, 11) is 0. The summed E-state index contributed by atoms with van der Waals surface area (Å²) in [5.41, 5.74) is 0.851. The Morgan fingerprint density at radius 3 is 2.44 bits per heavy atom. The van der Waals surface area contributed by atoms with Gasteiger partial charge in [0.1, 0.15) is 18.1 Å². The minimum Gasteiger partial charge on any atom is -0.489 e. The van der Waals surface area contributed by atoms with Crippen molar-refractivity contribution in [1.82, 2.24) is 4.98 Å². The van der Waals surface area contributed by atoms with Gasteiger partial charge in [-0.3, -0.25) is 10.1 Å². The molecule has 0 N–H and O–H groups in total. The summed E-state index contributed by atoms with van der Waals surface area (Å²) in [5, 5.41) is 11.0. The molecule has 0 aliphatic rings. The molecule has 0 aliphatic heterocycles. The third kappa shape index (κ3) is 4.33. The van der Waals surface area contributed by atoms with Gasteiger partial charge in [0.25, 0.3) is 5.88 Å². The molecular formula is C18H13BrN2O4. The number of rotatable bonds is 6. The highest BCUT2D eigenvalue weighted by atomic mass is 79.9. The SMILES string of the molecule is O=[N+]([O-])c1cccnc1Oc1ccc(OCc2ccccc2Br)cc1. The van der Waals surface area contributed by atoms with E-state index in [-0.39, 0.29) is 11.6 Å². The maximum absolute atomic E-state index is 11.0. The fourth-order valence-corrected chi connectivity index (χ4v) is 2.49. The molecule has 1 aromatic heterocycles. The van der Waals surface area contributed by atoms with E-state index in [1.165, 1.54) is 18.3 Å². The van der Waals surface area contributed by atoms with Gasteiger partial charge in [-0.2, -0.15) is 0 Å². The van der Waals surface area contributed by atoms with Gasteiger partial charge in [0.05, 0.1) is 4.92 Å². The van der Waals surface area contributed by atoms with Crippen molar-refractivity contribution < 1.29 is 14.4 Å². The van der Waals surface area contributed by atoms with Crippen molar-refractivity contribution in [3.8, 4) is 17.4 Å². The predicted molar refractivity (Wildman–Crippen MR) is 95.9 cm³/mol. The van der Waals surface area contributed by atoms with E-state index in [0.29, 0.717) is 18.1 Å². The van der Waals surface area contributed by atoms with Crippen LogP contribution in [0.3, 0.4) is 0 Å². The summed E-state index contributed by atoms with van der Waals surface area (Å²) in [6.07, 6.45) is 1.44. The van der Waals surface area contributed by atoms with Crippen molar-refractivity contribution in [3.05, 3.63) is 87.0 Å². The van der Waals surface area contributed by atoms with Crippen LogP contribution in [0.1, 0.15) is 5.56 Å². The fourth-order valence-electron chi connectivity index (χ4n) is 2.09. The van der Waals surface area contributed by atoms with Gasteiger partial charge >= 0.3 is 5.69 Å². The zero-order valence-corrected chi connectivity index (χ0v) is 14.5. The van der Waals surface area contributed by atoms with E-state index in [2.05, 4.69) is 20.9 Å². The molecule has 6 nitrogen and oxygen atoms in total. The summed E-state index contributed by atoms with van der Waals surface area (Å²) in [6, 6.07) is 17.5. The lowest BCUT2D eigenvalue weighted by molar-refractivity contribution is -0.386. The van der Waals surface area contributed by atoms with Crippen molar-refractivity contribution in [3.63, 3.8) is 0 Å². The monoisotopic (exact) mass is 400 g/mol. The zero-order valence-electron chi connectivity index (χ0n) is 13.0. The van der Waals surface area contributed by atoms with Crippen molar-refractivity contribution in [2.75, 3.05) is 0 Å². The number of benzene rings is 2. The molecule has 0 atom stereocenters. The van der Waals surface area contributed by atoms with Gasteiger partial charge < -0.3 is 9.47 Å². The Kier molecular flexibility index (Phi) is 5.25. The van der Waals surface area contributed by atoms with Crippen LogP contribution in [0.4, 0.5) is 5.69 Å². The van der Waals surface area contributed by atoms with Gasteiger partial charge in [-0.1, -0.05) is 34.1 Å². The first-order chi connectivity index (χ1) is 12.1. The minimum absolute atomic E-state index is 0.0469. The second-order valence-electron chi connectivity index (χ2n) is 5.04. The summed E-state index contributed by atoms with van der Waals surface area (Å²) in [5.74, 6) is 1.06. The predicted octanol–water partition coefficient (Wildman–Crippen LogP) is 5.12. The normalized spacial score (nSPS) is 10.3. The lowest BCUT2D eigenvalue weighted by Gasteiger charge is -2.09. The Bertz CT molecular complexity index is 884. The second-order valence-corrected chi connectivity index (χ2v) is 5.89. The molecule has 0 saturated heterocycles. The maximum atomic E-state index is 11.0.